The Morgan fingerprint density at radius 2 is 1.87 bits per heavy atom. The maximum Gasteiger partial charge on any atom is 0.270 e. The molecular weight excluding hydrogens is 292 g/mol. The number of nitro groups is 1. The first-order chi connectivity index (χ1) is 11.1. The zero-order valence-electron chi connectivity index (χ0n) is 12.9. The Kier molecular flexibility index (Phi) is 4.10. The van der Waals surface area contributed by atoms with Crippen molar-refractivity contribution < 1.29 is 9.72 Å². The molecule has 1 aliphatic carbocycles. The van der Waals surface area contributed by atoms with E-state index >= 15 is 0 Å². The van der Waals surface area contributed by atoms with Gasteiger partial charge in [0.15, 0.2) is 0 Å². The fourth-order valence-electron chi connectivity index (χ4n) is 2.81. The Balaban J connectivity index is 1.97. The van der Waals surface area contributed by atoms with Gasteiger partial charge in [0.05, 0.1) is 4.92 Å². The van der Waals surface area contributed by atoms with E-state index in [1.165, 1.54) is 12.1 Å². The molecule has 3 rings (SSSR count). The van der Waals surface area contributed by atoms with Crippen molar-refractivity contribution in [3.63, 3.8) is 0 Å². The summed E-state index contributed by atoms with van der Waals surface area (Å²) in [5, 5.41) is 10.9. The second kappa shape index (κ2) is 6.20. The summed E-state index contributed by atoms with van der Waals surface area (Å²) in [6, 6.07) is 15.5. The van der Waals surface area contributed by atoms with E-state index in [4.69, 9.17) is 0 Å². The molecule has 1 atom stereocenters. The smallest absolute Gasteiger partial charge is 0.270 e. The highest BCUT2D eigenvalue weighted by molar-refractivity contribution is 6.06. The maximum absolute atomic E-state index is 13.0. The van der Waals surface area contributed by atoms with Crippen LogP contribution in [0, 0.1) is 16.0 Å². The first kappa shape index (κ1) is 15.2. The van der Waals surface area contributed by atoms with Gasteiger partial charge in [-0.25, -0.2) is 0 Å². The number of benzene rings is 2. The minimum atomic E-state index is -0.478. The van der Waals surface area contributed by atoms with Crippen molar-refractivity contribution in [2.45, 2.75) is 25.8 Å². The minimum absolute atomic E-state index is 0.0667. The van der Waals surface area contributed by atoms with Crippen LogP contribution in [0.4, 0.5) is 11.4 Å². The average Bonchev–Trinajstić information content (AvgIpc) is 3.41. The summed E-state index contributed by atoms with van der Waals surface area (Å²) in [6.45, 7) is 2.04. The van der Waals surface area contributed by atoms with E-state index in [1.54, 1.807) is 17.0 Å². The van der Waals surface area contributed by atoms with Gasteiger partial charge in [0.2, 0.25) is 0 Å². The van der Waals surface area contributed by atoms with Crippen molar-refractivity contribution in [2.75, 3.05) is 4.90 Å². The molecular formula is C18H18N2O3. The molecule has 5 nitrogen and oxygen atoms in total. The number of hydrogen-bond acceptors (Lipinski definition) is 3. The molecule has 1 unspecified atom stereocenters. The zero-order chi connectivity index (χ0) is 16.4. The maximum atomic E-state index is 13.0. The lowest BCUT2D eigenvalue weighted by Crippen LogP contribution is -2.40. The number of carbonyl (C=O) groups excluding carboxylic acids is 1. The molecule has 2 aromatic carbocycles. The van der Waals surface area contributed by atoms with Crippen LogP contribution in [0.1, 0.15) is 30.1 Å². The number of amides is 1. The highest BCUT2D eigenvalue weighted by Gasteiger charge is 2.35. The van der Waals surface area contributed by atoms with Gasteiger partial charge < -0.3 is 4.90 Å². The van der Waals surface area contributed by atoms with Crippen LogP contribution in [-0.4, -0.2) is 16.9 Å². The second-order valence-electron chi connectivity index (χ2n) is 5.90. The van der Waals surface area contributed by atoms with E-state index in [2.05, 4.69) is 0 Å². The molecule has 23 heavy (non-hydrogen) atoms. The van der Waals surface area contributed by atoms with Gasteiger partial charge in [-0.15, -0.1) is 0 Å². The molecule has 0 spiro atoms. The number of rotatable bonds is 5. The topological polar surface area (TPSA) is 63.5 Å². The van der Waals surface area contributed by atoms with Crippen molar-refractivity contribution in [2.24, 2.45) is 5.92 Å². The van der Waals surface area contributed by atoms with Crippen LogP contribution in [0.2, 0.25) is 0 Å². The third-order valence-electron chi connectivity index (χ3n) is 4.27. The van der Waals surface area contributed by atoms with E-state index < -0.39 is 4.92 Å². The van der Waals surface area contributed by atoms with Gasteiger partial charge >= 0.3 is 0 Å². The van der Waals surface area contributed by atoms with Crippen molar-refractivity contribution in [1.29, 1.82) is 0 Å². The van der Waals surface area contributed by atoms with Gasteiger partial charge in [0.25, 0.3) is 11.6 Å². The first-order valence-corrected chi connectivity index (χ1v) is 7.71. The van der Waals surface area contributed by atoms with E-state index in [1.807, 2.05) is 37.3 Å². The highest BCUT2D eigenvalue weighted by atomic mass is 16.6. The van der Waals surface area contributed by atoms with E-state index in [9.17, 15) is 14.9 Å². The van der Waals surface area contributed by atoms with Crippen LogP contribution in [0.3, 0.4) is 0 Å². The van der Waals surface area contributed by atoms with Crippen molar-refractivity contribution in [3.8, 4) is 0 Å². The van der Waals surface area contributed by atoms with Gasteiger partial charge in [-0.2, -0.15) is 0 Å². The van der Waals surface area contributed by atoms with Gasteiger partial charge in [-0.05, 0) is 43.9 Å². The van der Waals surface area contributed by atoms with Gasteiger partial charge in [-0.1, -0.05) is 24.3 Å². The molecule has 0 aliphatic heterocycles. The van der Waals surface area contributed by atoms with Crippen LogP contribution in [0.25, 0.3) is 0 Å². The molecule has 0 bridgehead atoms. The van der Waals surface area contributed by atoms with E-state index in [0.717, 1.165) is 18.5 Å². The summed E-state index contributed by atoms with van der Waals surface area (Å²) in [5.74, 6) is 0.303. The second-order valence-corrected chi connectivity index (χ2v) is 5.90. The summed E-state index contributed by atoms with van der Waals surface area (Å²) in [5.41, 5.74) is 1.10. The molecule has 118 valence electrons. The standard InChI is InChI=1S/C18H18N2O3/c1-13(14-10-11-14)19(16-7-3-2-4-8-16)18(21)15-6-5-9-17(12-15)20(22)23/h2-9,12-14H,10-11H2,1H3. The predicted octanol–water partition coefficient (Wildman–Crippen LogP) is 4.04. The number of non-ortho nitro benzene ring substituents is 1. The largest absolute Gasteiger partial charge is 0.305 e. The molecule has 1 aliphatic rings. The molecule has 2 aromatic rings. The fraction of sp³-hybridized carbons (Fsp3) is 0.278. The van der Waals surface area contributed by atoms with Gasteiger partial charge in [0, 0.05) is 29.4 Å². The molecule has 0 aromatic heterocycles. The Bertz CT molecular complexity index is 726. The molecule has 5 heteroatoms. The van der Waals surface area contributed by atoms with E-state index in [0.29, 0.717) is 11.5 Å². The minimum Gasteiger partial charge on any atom is -0.305 e. The van der Waals surface area contributed by atoms with E-state index in [-0.39, 0.29) is 17.6 Å². The lowest BCUT2D eigenvalue weighted by atomic mass is 10.1. The SMILES string of the molecule is CC(C1CC1)N(C(=O)c1cccc([N+](=O)[O-])c1)c1ccccc1. The number of para-hydroxylation sites is 1. The molecule has 0 N–H and O–H groups in total. The number of hydrogen-bond donors (Lipinski definition) is 0. The van der Waals surface area contributed by atoms with Crippen LogP contribution in [-0.2, 0) is 0 Å². The first-order valence-electron chi connectivity index (χ1n) is 7.71. The lowest BCUT2D eigenvalue weighted by Gasteiger charge is -2.29. The molecule has 0 radical (unpaired) electrons. The Hall–Kier alpha value is -2.69. The van der Waals surface area contributed by atoms with Crippen molar-refractivity contribution in [1.82, 2.24) is 0 Å². The molecule has 1 amide bonds. The number of nitro benzene ring substituents is 1. The normalized spacial score (nSPS) is 15.0. The fourth-order valence-corrected chi connectivity index (χ4v) is 2.81. The van der Waals surface area contributed by atoms with Crippen molar-refractivity contribution in [3.05, 3.63) is 70.3 Å². The third-order valence-corrected chi connectivity index (χ3v) is 4.27. The zero-order valence-corrected chi connectivity index (χ0v) is 12.9. The van der Waals surface area contributed by atoms with Crippen molar-refractivity contribution >= 4 is 17.3 Å². The molecule has 1 saturated carbocycles. The Morgan fingerprint density at radius 1 is 1.17 bits per heavy atom. The monoisotopic (exact) mass is 310 g/mol. The van der Waals surface area contributed by atoms with Crippen LogP contribution >= 0.6 is 0 Å². The summed E-state index contributed by atoms with van der Waals surface area (Å²) in [6.07, 6.45) is 2.24. The van der Waals surface area contributed by atoms with Gasteiger partial charge in [0.1, 0.15) is 0 Å². The average molecular weight is 310 g/mol. The summed E-state index contributed by atoms with van der Waals surface area (Å²) >= 11 is 0. The van der Waals surface area contributed by atoms with Crippen LogP contribution in [0.5, 0.6) is 0 Å². The van der Waals surface area contributed by atoms with Crippen LogP contribution in [0.15, 0.2) is 54.6 Å². The molecule has 0 heterocycles. The molecule has 1 fully saturated rings. The Labute approximate surface area is 134 Å². The summed E-state index contributed by atoms with van der Waals surface area (Å²) in [7, 11) is 0. The number of nitrogens with zero attached hydrogens (tertiary/aromatic N) is 2. The predicted molar refractivity (Wildman–Crippen MR) is 88.5 cm³/mol. The number of anilines is 1. The summed E-state index contributed by atoms with van der Waals surface area (Å²) < 4.78 is 0. The van der Waals surface area contributed by atoms with Crippen LogP contribution < -0.4 is 4.90 Å². The lowest BCUT2D eigenvalue weighted by molar-refractivity contribution is -0.384. The number of carbonyl (C=O) groups is 1. The summed E-state index contributed by atoms with van der Waals surface area (Å²) in [4.78, 5) is 25.2. The highest BCUT2D eigenvalue weighted by Crippen LogP contribution is 2.37. The third kappa shape index (κ3) is 3.23. The Morgan fingerprint density at radius 3 is 2.48 bits per heavy atom. The molecule has 0 saturated heterocycles. The quantitative estimate of drug-likeness (QED) is 0.618. The van der Waals surface area contributed by atoms with Gasteiger partial charge in [-0.3, -0.25) is 14.9 Å².